The van der Waals surface area contributed by atoms with Crippen molar-refractivity contribution >= 4 is 15.9 Å². The minimum absolute atomic E-state index is 0.251. The Balaban J connectivity index is 1.91. The molecule has 0 bridgehead atoms. The van der Waals surface area contributed by atoms with Gasteiger partial charge in [0.05, 0.1) is 0 Å². The summed E-state index contributed by atoms with van der Waals surface area (Å²) < 4.78 is 1.14. The molecule has 2 unspecified atom stereocenters. The highest BCUT2D eigenvalue weighted by atomic mass is 79.9. The average molecular weight is 346 g/mol. The molecule has 4 heteroatoms. The maximum atomic E-state index is 6.12. The van der Waals surface area contributed by atoms with Crippen LogP contribution in [-0.2, 0) is 0 Å². The zero-order valence-corrected chi connectivity index (χ0v) is 13.5. The lowest BCUT2D eigenvalue weighted by Crippen LogP contribution is -2.33. The van der Waals surface area contributed by atoms with E-state index in [9.17, 15) is 0 Å². The maximum absolute atomic E-state index is 6.12. The molecule has 2 atom stereocenters. The number of benzene rings is 1. The lowest BCUT2D eigenvalue weighted by Gasteiger charge is -2.33. The molecule has 1 fully saturated rings. The Bertz CT molecular complexity index is 588. The van der Waals surface area contributed by atoms with E-state index < -0.39 is 0 Å². The van der Waals surface area contributed by atoms with Crippen LogP contribution in [-0.4, -0.2) is 23.0 Å². The number of pyridine rings is 1. The number of nitrogens with two attached hydrogens (primary N) is 1. The van der Waals surface area contributed by atoms with Gasteiger partial charge in [-0.3, -0.25) is 9.88 Å². The Morgan fingerprint density at radius 3 is 2.71 bits per heavy atom. The van der Waals surface area contributed by atoms with Gasteiger partial charge in [-0.25, -0.2) is 0 Å². The van der Waals surface area contributed by atoms with Crippen LogP contribution in [0, 0.1) is 0 Å². The minimum atomic E-state index is 0.251. The van der Waals surface area contributed by atoms with Crippen molar-refractivity contribution in [1.82, 2.24) is 9.88 Å². The molecule has 2 N–H and O–H groups in total. The van der Waals surface area contributed by atoms with Gasteiger partial charge in [0.1, 0.15) is 0 Å². The van der Waals surface area contributed by atoms with Gasteiger partial charge in [0, 0.05) is 35.5 Å². The summed E-state index contributed by atoms with van der Waals surface area (Å²) in [7, 11) is 0. The fraction of sp³-hybridized carbons (Fsp3) is 0.353. The van der Waals surface area contributed by atoms with Crippen molar-refractivity contribution in [3.8, 4) is 0 Å². The minimum Gasteiger partial charge on any atom is -0.329 e. The summed E-state index contributed by atoms with van der Waals surface area (Å²) in [5.74, 6) is 0. The summed E-state index contributed by atoms with van der Waals surface area (Å²) in [6, 6.07) is 13.3. The van der Waals surface area contributed by atoms with E-state index >= 15 is 0 Å². The molecule has 0 saturated carbocycles. The quantitative estimate of drug-likeness (QED) is 0.918. The molecule has 21 heavy (non-hydrogen) atoms. The Labute approximate surface area is 134 Å². The van der Waals surface area contributed by atoms with Crippen molar-refractivity contribution in [2.45, 2.75) is 24.9 Å². The van der Waals surface area contributed by atoms with Crippen molar-refractivity contribution in [1.29, 1.82) is 0 Å². The molecule has 0 spiro atoms. The van der Waals surface area contributed by atoms with Crippen molar-refractivity contribution in [2.75, 3.05) is 13.1 Å². The van der Waals surface area contributed by atoms with E-state index in [-0.39, 0.29) is 6.04 Å². The number of hydrogen-bond donors (Lipinski definition) is 1. The number of rotatable bonds is 4. The van der Waals surface area contributed by atoms with Crippen molar-refractivity contribution in [3.05, 3.63) is 64.4 Å². The largest absolute Gasteiger partial charge is 0.329 e. The second-order valence-corrected chi connectivity index (χ2v) is 6.30. The summed E-state index contributed by atoms with van der Waals surface area (Å²) in [5, 5.41) is 0. The predicted molar refractivity (Wildman–Crippen MR) is 88.9 cm³/mol. The molecule has 1 aliphatic heterocycles. The SMILES string of the molecule is NCC(c1ccccc1Br)N1CCCC1c1ccncc1. The number of hydrogen-bond acceptors (Lipinski definition) is 3. The van der Waals surface area contributed by atoms with E-state index in [1.54, 1.807) is 0 Å². The van der Waals surface area contributed by atoms with Crippen molar-refractivity contribution in [2.24, 2.45) is 5.73 Å². The third-order valence-corrected chi connectivity index (χ3v) is 5.00. The molecule has 110 valence electrons. The van der Waals surface area contributed by atoms with Crippen LogP contribution in [0.4, 0.5) is 0 Å². The molecule has 0 amide bonds. The Morgan fingerprint density at radius 2 is 2.00 bits per heavy atom. The van der Waals surface area contributed by atoms with E-state index in [1.807, 2.05) is 18.5 Å². The lowest BCUT2D eigenvalue weighted by molar-refractivity contribution is 0.185. The Morgan fingerprint density at radius 1 is 1.24 bits per heavy atom. The van der Waals surface area contributed by atoms with Crippen LogP contribution in [0.15, 0.2) is 53.3 Å². The molecular weight excluding hydrogens is 326 g/mol. The van der Waals surface area contributed by atoms with Crippen LogP contribution in [0.2, 0.25) is 0 Å². The number of nitrogens with zero attached hydrogens (tertiary/aromatic N) is 2. The third kappa shape index (κ3) is 3.03. The van der Waals surface area contributed by atoms with E-state index in [2.05, 4.69) is 56.1 Å². The molecule has 1 aromatic heterocycles. The van der Waals surface area contributed by atoms with Crippen LogP contribution in [0.1, 0.15) is 36.1 Å². The average Bonchev–Trinajstić information content (AvgIpc) is 3.00. The molecule has 2 aromatic rings. The van der Waals surface area contributed by atoms with Gasteiger partial charge in [0.15, 0.2) is 0 Å². The van der Waals surface area contributed by atoms with Gasteiger partial charge in [-0.05, 0) is 48.7 Å². The van der Waals surface area contributed by atoms with Gasteiger partial charge >= 0.3 is 0 Å². The summed E-state index contributed by atoms with van der Waals surface area (Å²) in [6.07, 6.45) is 6.16. The molecule has 3 nitrogen and oxygen atoms in total. The second kappa shape index (κ2) is 6.69. The maximum Gasteiger partial charge on any atom is 0.0487 e. The fourth-order valence-electron chi connectivity index (χ4n) is 3.29. The highest BCUT2D eigenvalue weighted by molar-refractivity contribution is 9.10. The number of halogens is 1. The first-order valence-corrected chi connectivity index (χ1v) is 8.20. The molecule has 1 aliphatic rings. The van der Waals surface area contributed by atoms with E-state index in [1.165, 1.54) is 24.0 Å². The fourth-order valence-corrected chi connectivity index (χ4v) is 3.84. The smallest absolute Gasteiger partial charge is 0.0487 e. The van der Waals surface area contributed by atoms with Crippen LogP contribution in [0.25, 0.3) is 0 Å². The highest BCUT2D eigenvalue weighted by Gasteiger charge is 2.32. The van der Waals surface area contributed by atoms with Crippen molar-refractivity contribution < 1.29 is 0 Å². The molecule has 1 saturated heterocycles. The van der Waals surface area contributed by atoms with Gasteiger partial charge in [-0.15, -0.1) is 0 Å². The second-order valence-electron chi connectivity index (χ2n) is 5.45. The van der Waals surface area contributed by atoms with E-state index in [0.29, 0.717) is 12.6 Å². The molecule has 0 radical (unpaired) electrons. The predicted octanol–water partition coefficient (Wildman–Crippen LogP) is 3.68. The van der Waals surface area contributed by atoms with Crippen LogP contribution < -0.4 is 5.73 Å². The van der Waals surface area contributed by atoms with Gasteiger partial charge in [-0.2, -0.15) is 0 Å². The summed E-state index contributed by atoms with van der Waals surface area (Å²) >= 11 is 3.67. The zero-order valence-electron chi connectivity index (χ0n) is 12.0. The summed E-state index contributed by atoms with van der Waals surface area (Å²) in [6.45, 7) is 1.72. The zero-order chi connectivity index (χ0) is 14.7. The third-order valence-electron chi connectivity index (χ3n) is 4.27. The van der Waals surface area contributed by atoms with E-state index in [4.69, 9.17) is 5.73 Å². The van der Waals surface area contributed by atoms with Gasteiger partial charge in [-0.1, -0.05) is 34.1 Å². The number of aromatic nitrogens is 1. The lowest BCUT2D eigenvalue weighted by atomic mass is 10.0. The summed E-state index contributed by atoms with van der Waals surface area (Å²) in [5.41, 5.74) is 8.74. The topological polar surface area (TPSA) is 42.1 Å². The number of likely N-dealkylation sites (tertiary alicyclic amines) is 1. The van der Waals surface area contributed by atoms with E-state index in [0.717, 1.165) is 11.0 Å². The monoisotopic (exact) mass is 345 g/mol. The first-order valence-electron chi connectivity index (χ1n) is 7.41. The van der Waals surface area contributed by atoms with Crippen LogP contribution in [0.5, 0.6) is 0 Å². The molecule has 1 aromatic carbocycles. The molecule has 3 rings (SSSR count). The molecule has 2 heterocycles. The molecule has 0 aliphatic carbocycles. The van der Waals surface area contributed by atoms with Crippen LogP contribution >= 0.6 is 15.9 Å². The Hall–Kier alpha value is -1.23. The molecular formula is C17H20BrN3. The first-order chi connectivity index (χ1) is 10.3. The van der Waals surface area contributed by atoms with Gasteiger partial charge < -0.3 is 5.73 Å². The normalized spacial score (nSPS) is 20.6. The Kier molecular flexibility index (Phi) is 4.68. The first kappa shape index (κ1) is 14.7. The van der Waals surface area contributed by atoms with Crippen molar-refractivity contribution in [3.63, 3.8) is 0 Å². The van der Waals surface area contributed by atoms with Crippen LogP contribution in [0.3, 0.4) is 0 Å². The van der Waals surface area contributed by atoms with Gasteiger partial charge in [0.2, 0.25) is 0 Å². The highest BCUT2D eigenvalue weighted by Crippen LogP contribution is 2.39. The standard InChI is InChI=1S/C17H20BrN3/c18-15-5-2-1-4-14(15)17(12-19)21-11-3-6-16(21)13-7-9-20-10-8-13/h1-2,4-5,7-10,16-17H,3,6,11-12,19H2. The van der Waals surface area contributed by atoms with Gasteiger partial charge in [0.25, 0.3) is 0 Å². The summed E-state index contributed by atoms with van der Waals surface area (Å²) in [4.78, 5) is 6.67.